The van der Waals surface area contributed by atoms with Gasteiger partial charge in [0.1, 0.15) is 5.78 Å². The van der Waals surface area contributed by atoms with Crippen LogP contribution in [0.1, 0.15) is 129 Å². The van der Waals surface area contributed by atoms with Crippen molar-refractivity contribution < 1.29 is 23.9 Å². The lowest BCUT2D eigenvalue weighted by atomic mass is 9.65. The highest BCUT2D eigenvalue weighted by atomic mass is 16.5. The lowest BCUT2D eigenvalue weighted by Gasteiger charge is -2.39. The highest BCUT2D eigenvalue weighted by Crippen LogP contribution is 2.47. The second-order valence-corrected chi connectivity index (χ2v) is 10.2. The number of ketones is 1. The standard InChI is InChI=1S/C27H46O5/c1-3-5-21-31-24(29)26(17-11-18-26)15-9-7-13-23(28)14-8-10-16-27(19-12-20-27)25(30)32-22-6-4-2/h3-22H2,1-2H3. The second-order valence-electron chi connectivity index (χ2n) is 10.2. The number of rotatable bonds is 18. The van der Waals surface area contributed by atoms with Crippen LogP contribution in [0.15, 0.2) is 0 Å². The average molecular weight is 451 g/mol. The molecule has 0 atom stereocenters. The van der Waals surface area contributed by atoms with Crippen LogP contribution in [0.25, 0.3) is 0 Å². The summed E-state index contributed by atoms with van der Waals surface area (Å²) in [5.74, 6) is 0.287. The molecule has 32 heavy (non-hydrogen) atoms. The predicted octanol–water partition coefficient (Wildman–Crippen LogP) is 6.70. The maximum absolute atomic E-state index is 12.4. The van der Waals surface area contributed by atoms with E-state index >= 15 is 0 Å². The van der Waals surface area contributed by atoms with Crippen LogP contribution in [0.4, 0.5) is 0 Å². The van der Waals surface area contributed by atoms with Crippen LogP contribution in [-0.4, -0.2) is 30.9 Å². The van der Waals surface area contributed by atoms with Crippen LogP contribution in [0.2, 0.25) is 0 Å². The molecule has 0 bridgehead atoms. The van der Waals surface area contributed by atoms with Crippen LogP contribution >= 0.6 is 0 Å². The monoisotopic (exact) mass is 450 g/mol. The number of ether oxygens (including phenoxy) is 2. The van der Waals surface area contributed by atoms with Crippen LogP contribution in [-0.2, 0) is 23.9 Å². The van der Waals surface area contributed by atoms with Gasteiger partial charge in [-0.2, -0.15) is 0 Å². The zero-order valence-corrected chi connectivity index (χ0v) is 20.7. The van der Waals surface area contributed by atoms with Gasteiger partial charge in [0.05, 0.1) is 24.0 Å². The number of carbonyl (C=O) groups is 3. The van der Waals surface area contributed by atoms with Crippen LogP contribution < -0.4 is 0 Å². The van der Waals surface area contributed by atoms with Crippen molar-refractivity contribution in [2.45, 2.75) is 129 Å². The Labute approximate surface area is 195 Å². The van der Waals surface area contributed by atoms with E-state index < -0.39 is 0 Å². The van der Waals surface area contributed by atoms with Crippen LogP contribution in [0.3, 0.4) is 0 Å². The fourth-order valence-electron chi connectivity index (χ4n) is 4.94. The lowest BCUT2D eigenvalue weighted by Crippen LogP contribution is -2.39. The molecular formula is C27H46O5. The molecule has 0 unspecified atom stereocenters. The number of unbranched alkanes of at least 4 members (excludes halogenated alkanes) is 4. The van der Waals surface area contributed by atoms with Crippen LogP contribution in [0, 0.1) is 10.8 Å². The van der Waals surface area contributed by atoms with Gasteiger partial charge in [0, 0.05) is 12.8 Å². The fourth-order valence-corrected chi connectivity index (χ4v) is 4.94. The quantitative estimate of drug-likeness (QED) is 0.172. The summed E-state index contributed by atoms with van der Waals surface area (Å²) in [4.78, 5) is 37.2. The molecule has 0 N–H and O–H groups in total. The molecule has 0 saturated heterocycles. The molecule has 0 spiro atoms. The Morgan fingerprint density at radius 3 is 1.34 bits per heavy atom. The largest absolute Gasteiger partial charge is 0.465 e. The number of hydrogen-bond donors (Lipinski definition) is 0. The summed E-state index contributed by atoms with van der Waals surface area (Å²) in [6.45, 7) is 5.26. The predicted molar refractivity (Wildman–Crippen MR) is 126 cm³/mol. The summed E-state index contributed by atoms with van der Waals surface area (Å²) in [6.07, 6.45) is 16.4. The van der Waals surface area contributed by atoms with Gasteiger partial charge in [-0.1, -0.05) is 52.4 Å². The summed E-state index contributed by atoms with van der Waals surface area (Å²) < 4.78 is 11.0. The molecular weight excluding hydrogens is 404 g/mol. The Morgan fingerprint density at radius 1 is 0.625 bits per heavy atom. The number of hydrogen-bond acceptors (Lipinski definition) is 5. The van der Waals surface area contributed by atoms with Crippen molar-refractivity contribution in [3.63, 3.8) is 0 Å². The van der Waals surface area contributed by atoms with E-state index in [-0.39, 0.29) is 22.8 Å². The Bertz CT molecular complexity index is 539. The first-order valence-electron chi connectivity index (χ1n) is 13.3. The summed E-state index contributed by atoms with van der Waals surface area (Å²) in [5.41, 5.74) is -0.529. The Balaban J connectivity index is 1.56. The van der Waals surface area contributed by atoms with Gasteiger partial charge in [0.15, 0.2) is 0 Å². The highest BCUT2D eigenvalue weighted by molar-refractivity contribution is 5.79. The molecule has 5 heteroatoms. The Morgan fingerprint density at radius 2 is 1.03 bits per heavy atom. The van der Waals surface area contributed by atoms with E-state index in [0.717, 1.165) is 103 Å². The topological polar surface area (TPSA) is 69.7 Å². The van der Waals surface area contributed by atoms with E-state index in [4.69, 9.17) is 9.47 Å². The number of carbonyl (C=O) groups excluding carboxylic acids is 3. The molecule has 0 aromatic carbocycles. The molecule has 184 valence electrons. The molecule has 2 saturated carbocycles. The minimum Gasteiger partial charge on any atom is -0.465 e. The summed E-state index contributed by atoms with van der Waals surface area (Å²) in [5, 5.41) is 0. The molecule has 0 aromatic rings. The molecule has 2 aliphatic rings. The fraction of sp³-hybridized carbons (Fsp3) is 0.889. The van der Waals surface area contributed by atoms with Gasteiger partial charge >= 0.3 is 11.9 Å². The van der Waals surface area contributed by atoms with Crippen molar-refractivity contribution in [1.82, 2.24) is 0 Å². The normalized spacial score (nSPS) is 18.3. The van der Waals surface area contributed by atoms with Gasteiger partial charge in [-0.15, -0.1) is 0 Å². The SMILES string of the molecule is CCCCOC(=O)C1(CCCCC(=O)CCCCC2(C(=O)OCCCC)CCC2)CCC1. The van der Waals surface area contributed by atoms with E-state index in [1.54, 1.807) is 0 Å². The zero-order valence-electron chi connectivity index (χ0n) is 20.7. The Hall–Kier alpha value is -1.39. The van der Waals surface area contributed by atoms with Crippen molar-refractivity contribution in [2.75, 3.05) is 13.2 Å². The molecule has 0 aliphatic heterocycles. The first kappa shape index (κ1) is 26.9. The highest BCUT2D eigenvalue weighted by Gasteiger charge is 2.45. The third-order valence-electron chi connectivity index (χ3n) is 7.67. The van der Waals surface area contributed by atoms with Crippen molar-refractivity contribution in [1.29, 1.82) is 0 Å². The lowest BCUT2D eigenvalue weighted by molar-refractivity contribution is -0.163. The van der Waals surface area contributed by atoms with Gasteiger partial charge < -0.3 is 9.47 Å². The molecule has 2 aliphatic carbocycles. The maximum atomic E-state index is 12.4. The van der Waals surface area contributed by atoms with Crippen molar-refractivity contribution in [3.8, 4) is 0 Å². The Kier molecular flexibility index (Phi) is 11.7. The minimum absolute atomic E-state index is 0.0123. The molecule has 2 fully saturated rings. The molecule has 2 rings (SSSR count). The first-order valence-corrected chi connectivity index (χ1v) is 13.3. The van der Waals surface area contributed by atoms with Gasteiger partial charge in [-0.05, 0) is 64.2 Å². The van der Waals surface area contributed by atoms with E-state index in [9.17, 15) is 14.4 Å². The molecule has 0 amide bonds. The number of Topliss-reactive ketones (excluding diaryl/α,β-unsaturated/α-hetero) is 1. The van der Waals surface area contributed by atoms with Gasteiger partial charge in [0.2, 0.25) is 0 Å². The van der Waals surface area contributed by atoms with Crippen molar-refractivity contribution >= 4 is 17.7 Å². The van der Waals surface area contributed by atoms with Gasteiger partial charge in [0.25, 0.3) is 0 Å². The molecule has 0 radical (unpaired) electrons. The van der Waals surface area contributed by atoms with Crippen LogP contribution in [0.5, 0.6) is 0 Å². The second kappa shape index (κ2) is 14.0. The van der Waals surface area contributed by atoms with Crippen molar-refractivity contribution in [3.05, 3.63) is 0 Å². The summed E-state index contributed by atoms with van der Waals surface area (Å²) >= 11 is 0. The van der Waals surface area contributed by atoms with Gasteiger partial charge in [-0.25, -0.2) is 0 Å². The zero-order chi connectivity index (χ0) is 23.3. The van der Waals surface area contributed by atoms with E-state index in [0.29, 0.717) is 31.8 Å². The minimum atomic E-state index is -0.264. The third kappa shape index (κ3) is 7.88. The van der Waals surface area contributed by atoms with E-state index in [2.05, 4.69) is 13.8 Å². The third-order valence-corrected chi connectivity index (χ3v) is 7.67. The molecule has 0 aromatic heterocycles. The maximum Gasteiger partial charge on any atom is 0.312 e. The number of esters is 2. The molecule has 5 nitrogen and oxygen atoms in total. The molecule has 0 heterocycles. The first-order chi connectivity index (χ1) is 15.5. The van der Waals surface area contributed by atoms with E-state index in [1.165, 1.54) is 0 Å². The van der Waals surface area contributed by atoms with E-state index in [1.807, 2.05) is 0 Å². The van der Waals surface area contributed by atoms with Gasteiger partial charge in [-0.3, -0.25) is 14.4 Å². The smallest absolute Gasteiger partial charge is 0.312 e. The summed E-state index contributed by atoms with van der Waals surface area (Å²) in [6, 6.07) is 0. The average Bonchev–Trinajstić information content (AvgIpc) is 2.71. The van der Waals surface area contributed by atoms with Crippen molar-refractivity contribution in [2.24, 2.45) is 10.8 Å². The summed E-state index contributed by atoms with van der Waals surface area (Å²) in [7, 11) is 0.